The second-order valence-electron chi connectivity index (χ2n) is 7.79. The van der Waals surface area contributed by atoms with Crippen molar-refractivity contribution in [3.05, 3.63) is 106 Å². The zero-order valence-corrected chi connectivity index (χ0v) is 20.4. The SMILES string of the molecule is Cc1c(C#N)c(Nc2ccccc2)nc(Nc2ccccc2)c1N=NC(=S)c1cc([N+](=O)[O-])ccc1N. The van der Waals surface area contributed by atoms with Crippen LogP contribution in [0.25, 0.3) is 0 Å². The standard InChI is InChI=1S/C26H20N8O2S/c1-16-21(15-27)24(29-17-8-4-2-5-9-17)31-25(30-18-10-6-3-7-11-18)23(16)32-33-26(37)20-14-19(34(35)36)12-13-22(20)28/h2-14H,28H2,1H3,(H2,29,30,31). The summed E-state index contributed by atoms with van der Waals surface area (Å²) in [5.74, 6) is 0.675. The van der Waals surface area contributed by atoms with Crippen molar-refractivity contribution in [2.45, 2.75) is 6.92 Å². The average molecular weight is 509 g/mol. The van der Waals surface area contributed by atoms with Gasteiger partial charge in [0.05, 0.1) is 10.5 Å². The molecular formula is C26H20N8O2S. The summed E-state index contributed by atoms with van der Waals surface area (Å²) in [5.41, 5.74) is 8.80. The molecule has 3 aromatic carbocycles. The Balaban J connectivity index is 1.79. The fourth-order valence-electron chi connectivity index (χ4n) is 3.44. The lowest BCUT2D eigenvalue weighted by Gasteiger charge is -2.15. The number of azo groups is 1. The van der Waals surface area contributed by atoms with E-state index in [-0.39, 0.29) is 33.2 Å². The molecule has 1 aromatic heterocycles. The maximum Gasteiger partial charge on any atom is 0.270 e. The van der Waals surface area contributed by atoms with Gasteiger partial charge in [0, 0.05) is 40.3 Å². The molecule has 0 fully saturated rings. The summed E-state index contributed by atoms with van der Waals surface area (Å²) in [4.78, 5) is 15.2. The van der Waals surface area contributed by atoms with Gasteiger partial charge in [-0.1, -0.05) is 48.6 Å². The molecule has 4 rings (SSSR count). The van der Waals surface area contributed by atoms with E-state index in [1.165, 1.54) is 18.2 Å². The van der Waals surface area contributed by atoms with Crippen LogP contribution in [0.5, 0.6) is 0 Å². The quantitative estimate of drug-likeness (QED) is 0.0819. The number of nitrogens with two attached hydrogens (primary N) is 1. The summed E-state index contributed by atoms with van der Waals surface area (Å²) in [6.45, 7) is 1.73. The van der Waals surface area contributed by atoms with Crippen molar-refractivity contribution in [1.82, 2.24) is 4.98 Å². The molecule has 0 bridgehead atoms. The molecule has 4 N–H and O–H groups in total. The molecule has 1 heterocycles. The number of benzene rings is 3. The van der Waals surface area contributed by atoms with E-state index in [2.05, 4.69) is 31.9 Å². The van der Waals surface area contributed by atoms with Crippen LogP contribution in [-0.4, -0.2) is 14.9 Å². The minimum Gasteiger partial charge on any atom is -0.398 e. The van der Waals surface area contributed by atoms with Crippen LogP contribution in [0.15, 0.2) is 89.1 Å². The number of nitrogens with zero attached hydrogens (tertiary/aromatic N) is 5. The van der Waals surface area contributed by atoms with Gasteiger partial charge in [-0.15, -0.1) is 10.2 Å². The first-order valence-electron chi connectivity index (χ1n) is 11.0. The molecule has 4 aromatic rings. The van der Waals surface area contributed by atoms with Crippen LogP contribution in [-0.2, 0) is 0 Å². The molecule has 0 atom stereocenters. The third-order valence-corrected chi connectivity index (χ3v) is 5.62. The maximum atomic E-state index is 11.2. The van der Waals surface area contributed by atoms with Gasteiger partial charge in [0.25, 0.3) is 5.69 Å². The molecule has 0 amide bonds. The Morgan fingerprint density at radius 1 is 1.03 bits per heavy atom. The Labute approximate surface area is 217 Å². The van der Waals surface area contributed by atoms with Crippen LogP contribution < -0.4 is 16.4 Å². The first kappa shape index (κ1) is 24.9. The summed E-state index contributed by atoms with van der Waals surface area (Å²) in [6.07, 6.45) is 0. The Hall–Kier alpha value is -5.21. The van der Waals surface area contributed by atoms with Gasteiger partial charge < -0.3 is 16.4 Å². The van der Waals surface area contributed by atoms with Crippen LogP contribution in [0.2, 0.25) is 0 Å². The smallest absolute Gasteiger partial charge is 0.270 e. The topological polar surface area (TPSA) is 155 Å². The molecule has 11 heteroatoms. The number of nitro benzene ring substituents is 1. The van der Waals surface area contributed by atoms with E-state index in [9.17, 15) is 15.4 Å². The summed E-state index contributed by atoms with van der Waals surface area (Å²) in [7, 11) is 0. The number of anilines is 5. The number of hydrogen-bond donors (Lipinski definition) is 3. The minimum atomic E-state index is -0.545. The van der Waals surface area contributed by atoms with Gasteiger partial charge in [-0.25, -0.2) is 4.98 Å². The highest BCUT2D eigenvalue weighted by atomic mass is 32.1. The van der Waals surface area contributed by atoms with E-state index in [1.807, 2.05) is 60.7 Å². The normalized spacial score (nSPS) is 10.6. The first-order chi connectivity index (χ1) is 17.9. The number of rotatable bonds is 7. The molecule has 0 aliphatic rings. The van der Waals surface area contributed by atoms with Crippen molar-refractivity contribution in [1.29, 1.82) is 5.26 Å². The Bertz CT molecular complexity index is 1550. The maximum absolute atomic E-state index is 11.2. The number of nitro groups is 1. The van der Waals surface area contributed by atoms with Crippen molar-refractivity contribution < 1.29 is 4.92 Å². The van der Waals surface area contributed by atoms with E-state index >= 15 is 0 Å². The Morgan fingerprint density at radius 2 is 1.62 bits per heavy atom. The fraction of sp³-hybridized carbons (Fsp3) is 0.0385. The molecule has 10 nitrogen and oxygen atoms in total. The minimum absolute atomic E-state index is 0.0451. The van der Waals surface area contributed by atoms with E-state index < -0.39 is 4.92 Å². The van der Waals surface area contributed by atoms with Crippen molar-refractivity contribution in [3.63, 3.8) is 0 Å². The highest BCUT2D eigenvalue weighted by molar-refractivity contribution is 7.80. The number of nitrogens with one attached hydrogen (secondary N) is 2. The summed E-state index contributed by atoms with van der Waals surface area (Å²) in [6, 6.07) is 24.8. The number of non-ortho nitro benzene ring substituents is 1. The lowest BCUT2D eigenvalue weighted by atomic mass is 10.1. The van der Waals surface area contributed by atoms with Gasteiger partial charge >= 0.3 is 0 Å². The van der Waals surface area contributed by atoms with E-state index in [1.54, 1.807) is 6.92 Å². The van der Waals surface area contributed by atoms with Gasteiger partial charge in [0.15, 0.2) is 16.6 Å². The Morgan fingerprint density at radius 3 is 2.19 bits per heavy atom. The number of aromatic nitrogens is 1. The third-order valence-electron chi connectivity index (χ3n) is 5.32. The molecule has 0 aliphatic heterocycles. The van der Waals surface area contributed by atoms with Gasteiger partial charge in [0.1, 0.15) is 11.8 Å². The second-order valence-corrected chi connectivity index (χ2v) is 8.17. The molecule has 0 radical (unpaired) electrons. The third kappa shape index (κ3) is 5.72. The molecular weight excluding hydrogens is 488 g/mol. The summed E-state index contributed by atoms with van der Waals surface area (Å²) >= 11 is 5.36. The van der Waals surface area contributed by atoms with Crippen LogP contribution in [0.4, 0.5) is 40.1 Å². The number of thiocarbonyl (C=S) groups is 1. The van der Waals surface area contributed by atoms with Crippen LogP contribution in [0.1, 0.15) is 16.7 Å². The number of nitriles is 1. The lowest BCUT2D eigenvalue weighted by molar-refractivity contribution is -0.384. The average Bonchev–Trinajstić information content (AvgIpc) is 2.89. The molecule has 0 spiro atoms. The summed E-state index contributed by atoms with van der Waals surface area (Å²) in [5, 5.41) is 35.9. The zero-order chi connectivity index (χ0) is 26.4. The number of para-hydroxylation sites is 2. The molecule has 37 heavy (non-hydrogen) atoms. The fourth-order valence-corrected chi connectivity index (χ4v) is 3.66. The van der Waals surface area contributed by atoms with E-state index in [0.29, 0.717) is 17.2 Å². The van der Waals surface area contributed by atoms with Crippen molar-refractivity contribution in [3.8, 4) is 6.07 Å². The van der Waals surface area contributed by atoms with Gasteiger partial charge in [0.2, 0.25) is 0 Å². The molecule has 182 valence electrons. The van der Waals surface area contributed by atoms with E-state index in [0.717, 1.165) is 11.4 Å². The second kappa shape index (κ2) is 11.0. The molecule has 0 saturated heterocycles. The van der Waals surface area contributed by atoms with Crippen LogP contribution in [0, 0.1) is 28.4 Å². The lowest BCUT2D eigenvalue weighted by Crippen LogP contribution is -2.04. The van der Waals surface area contributed by atoms with Gasteiger partial charge in [-0.05, 0) is 37.3 Å². The predicted molar refractivity (Wildman–Crippen MR) is 147 cm³/mol. The van der Waals surface area contributed by atoms with E-state index in [4.69, 9.17) is 18.0 Å². The molecule has 0 saturated carbocycles. The zero-order valence-electron chi connectivity index (χ0n) is 19.5. The molecule has 0 aliphatic carbocycles. The monoisotopic (exact) mass is 508 g/mol. The molecule has 0 unspecified atom stereocenters. The first-order valence-corrected chi connectivity index (χ1v) is 11.4. The summed E-state index contributed by atoms with van der Waals surface area (Å²) < 4.78 is 0. The highest BCUT2D eigenvalue weighted by Crippen LogP contribution is 2.36. The van der Waals surface area contributed by atoms with Crippen molar-refractivity contribution >= 4 is 57.3 Å². The van der Waals surface area contributed by atoms with Gasteiger partial charge in [-0.3, -0.25) is 10.1 Å². The van der Waals surface area contributed by atoms with Gasteiger partial charge in [-0.2, -0.15) is 5.26 Å². The van der Waals surface area contributed by atoms with Crippen molar-refractivity contribution in [2.75, 3.05) is 16.4 Å². The largest absolute Gasteiger partial charge is 0.398 e. The highest BCUT2D eigenvalue weighted by Gasteiger charge is 2.19. The Kier molecular flexibility index (Phi) is 7.42. The predicted octanol–water partition coefficient (Wildman–Crippen LogP) is 6.70. The van der Waals surface area contributed by atoms with Crippen molar-refractivity contribution in [2.24, 2.45) is 10.2 Å². The van der Waals surface area contributed by atoms with Crippen LogP contribution >= 0.6 is 12.2 Å². The number of nitrogen functional groups attached to an aromatic ring is 1. The number of hydrogen-bond acceptors (Lipinski definition) is 9. The van der Waals surface area contributed by atoms with Crippen LogP contribution in [0.3, 0.4) is 0 Å². The number of pyridine rings is 1.